The van der Waals surface area contributed by atoms with Crippen molar-refractivity contribution in [2.75, 3.05) is 0 Å². The number of para-hydroxylation sites is 1. The smallest absolute Gasteiger partial charge is 0.508 e. The van der Waals surface area contributed by atoms with Gasteiger partial charge in [0.2, 0.25) is 11.0 Å². The fourth-order valence-corrected chi connectivity index (χ4v) is 2.72. The van der Waals surface area contributed by atoms with Gasteiger partial charge in [0.1, 0.15) is 17.1 Å². The second-order valence-corrected chi connectivity index (χ2v) is 6.06. The summed E-state index contributed by atoms with van der Waals surface area (Å²) in [6.07, 6.45) is 0. The van der Waals surface area contributed by atoms with E-state index < -0.39 is 7.25 Å². The van der Waals surface area contributed by atoms with Gasteiger partial charge in [0.25, 0.3) is 0 Å². The maximum atomic E-state index is 9.75. The summed E-state index contributed by atoms with van der Waals surface area (Å²) in [5, 5.41) is 11.6. The zero-order valence-electron chi connectivity index (χ0n) is 15.0. The highest BCUT2D eigenvalue weighted by Gasteiger charge is 2.20. The van der Waals surface area contributed by atoms with Gasteiger partial charge in [-0.05, 0) is 18.2 Å². The van der Waals surface area contributed by atoms with Crippen LogP contribution in [0.1, 0.15) is 0 Å². The molecule has 0 amide bonds. The van der Waals surface area contributed by atoms with Gasteiger partial charge in [0.05, 0.1) is 17.5 Å². The van der Waals surface area contributed by atoms with Crippen LogP contribution in [0, 0.1) is 0 Å². The third-order valence-corrected chi connectivity index (χ3v) is 3.86. The van der Waals surface area contributed by atoms with Crippen molar-refractivity contribution in [2.24, 2.45) is 0 Å². The number of benzene rings is 3. The Labute approximate surface area is 163 Å². The Hall–Kier alpha value is -3.55. The zero-order valence-corrected chi connectivity index (χ0v) is 15.0. The number of phenols is 1. The number of fused-ring (bicyclic) bond motifs is 1. The van der Waals surface area contributed by atoms with E-state index in [-0.39, 0.29) is 5.75 Å². The van der Waals surface area contributed by atoms with Gasteiger partial charge in [-0.25, -0.2) is 4.99 Å². The third-order valence-electron chi connectivity index (χ3n) is 3.86. The molecule has 0 aliphatic heterocycles. The highest BCUT2D eigenvalue weighted by molar-refractivity contribution is 6.50. The Morgan fingerprint density at radius 3 is 2.10 bits per heavy atom. The SMILES string of the molecule is F[B-](F)(F)F.Oc1cccc([NH+]=c2cc(-c3ccccc3)oc3ccccc23)c1. The van der Waals surface area contributed by atoms with Gasteiger partial charge < -0.3 is 26.8 Å². The van der Waals surface area contributed by atoms with Crippen LogP contribution in [0.3, 0.4) is 0 Å². The fourth-order valence-electron chi connectivity index (χ4n) is 2.72. The average molecular weight is 401 g/mol. The molecule has 0 unspecified atom stereocenters. The minimum atomic E-state index is -6.00. The lowest BCUT2D eigenvalue weighted by atomic mass is 10.1. The van der Waals surface area contributed by atoms with Crippen LogP contribution in [-0.2, 0) is 0 Å². The van der Waals surface area contributed by atoms with E-state index >= 15 is 0 Å². The lowest BCUT2D eigenvalue weighted by molar-refractivity contribution is -0.400. The molecule has 1 heterocycles. The van der Waals surface area contributed by atoms with Crippen molar-refractivity contribution >= 4 is 23.9 Å². The Kier molecular flexibility index (Phi) is 6.02. The summed E-state index contributed by atoms with van der Waals surface area (Å²) in [6.45, 7) is 0. The van der Waals surface area contributed by atoms with Crippen molar-refractivity contribution in [1.82, 2.24) is 0 Å². The molecule has 0 saturated heterocycles. The van der Waals surface area contributed by atoms with Crippen molar-refractivity contribution in [3.05, 3.63) is 90.3 Å². The van der Waals surface area contributed by atoms with Gasteiger partial charge in [-0.1, -0.05) is 48.5 Å². The van der Waals surface area contributed by atoms with E-state index in [4.69, 9.17) is 4.42 Å². The van der Waals surface area contributed by atoms with E-state index in [2.05, 4.69) is 4.99 Å². The van der Waals surface area contributed by atoms with Crippen molar-refractivity contribution in [2.45, 2.75) is 0 Å². The molecule has 0 spiro atoms. The number of phenolic OH excluding ortho intramolecular Hbond substituents is 1. The van der Waals surface area contributed by atoms with Gasteiger partial charge in [-0.2, -0.15) is 0 Å². The molecule has 4 rings (SSSR count). The summed E-state index contributed by atoms with van der Waals surface area (Å²) in [5.41, 5.74) is 2.65. The van der Waals surface area contributed by atoms with Crippen molar-refractivity contribution in [1.29, 1.82) is 0 Å². The fraction of sp³-hybridized carbons (Fsp3) is 0. The Bertz CT molecular complexity index is 1170. The summed E-state index contributed by atoms with van der Waals surface area (Å²) < 4.78 is 45.1. The monoisotopic (exact) mass is 401 g/mol. The van der Waals surface area contributed by atoms with Crippen LogP contribution in [0.4, 0.5) is 23.0 Å². The molecule has 0 fully saturated rings. The zero-order chi connectivity index (χ0) is 20.9. The number of hydrogen-bond acceptors (Lipinski definition) is 2. The third kappa shape index (κ3) is 5.97. The molecular formula is C21H16BF4NO2. The van der Waals surface area contributed by atoms with E-state index in [1.54, 1.807) is 12.1 Å². The molecule has 29 heavy (non-hydrogen) atoms. The predicted molar refractivity (Wildman–Crippen MR) is 104 cm³/mol. The standard InChI is InChI=1S/C21H15NO2.BF4/c23-17-10-6-9-16(13-17)22-19-14-21(15-7-2-1-3-8-15)24-20-12-5-4-11-18(19)20;2-1(3,4)5/h1-14,23H;/q;-1/p+1. The largest absolute Gasteiger partial charge is 0.673 e. The van der Waals surface area contributed by atoms with Crippen LogP contribution in [-0.4, -0.2) is 12.4 Å². The van der Waals surface area contributed by atoms with Crippen LogP contribution in [0.25, 0.3) is 22.3 Å². The Morgan fingerprint density at radius 2 is 1.41 bits per heavy atom. The van der Waals surface area contributed by atoms with Gasteiger partial charge in [-0.15, -0.1) is 0 Å². The first-order valence-electron chi connectivity index (χ1n) is 8.64. The van der Waals surface area contributed by atoms with Gasteiger partial charge >= 0.3 is 7.25 Å². The molecule has 148 valence electrons. The molecular weight excluding hydrogens is 385 g/mol. The summed E-state index contributed by atoms with van der Waals surface area (Å²) in [7, 11) is -6.00. The lowest BCUT2D eigenvalue weighted by Crippen LogP contribution is -2.70. The van der Waals surface area contributed by atoms with Gasteiger partial charge in [0, 0.05) is 11.6 Å². The van der Waals surface area contributed by atoms with Crippen LogP contribution in [0.5, 0.6) is 5.75 Å². The number of hydrogen-bond donors (Lipinski definition) is 2. The molecule has 0 radical (unpaired) electrons. The van der Waals surface area contributed by atoms with E-state index in [0.717, 1.165) is 33.3 Å². The van der Waals surface area contributed by atoms with Crippen LogP contribution in [0.15, 0.2) is 89.3 Å². The first-order chi connectivity index (χ1) is 13.8. The average Bonchev–Trinajstić information content (AvgIpc) is 2.67. The van der Waals surface area contributed by atoms with Crippen LogP contribution in [0.2, 0.25) is 0 Å². The molecule has 8 heteroatoms. The topological polar surface area (TPSA) is 47.3 Å². The van der Waals surface area contributed by atoms with E-state index in [0.29, 0.717) is 0 Å². The number of halogens is 4. The van der Waals surface area contributed by atoms with Crippen molar-refractivity contribution in [3.63, 3.8) is 0 Å². The number of nitrogens with one attached hydrogen (secondary N) is 1. The molecule has 3 aromatic carbocycles. The first kappa shape index (κ1) is 20.2. The second kappa shape index (κ2) is 8.64. The summed E-state index contributed by atoms with van der Waals surface area (Å²) >= 11 is 0. The highest BCUT2D eigenvalue weighted by Crippen LogP contribution is 2.21. The highest BCUT2D eigenvalue weighted by atomic mass is 19.5. The molecule has 0 aliphatic carbocycles. The van der Waals surface area contributed by atoms with Gasteiger partial charge in [0.15, 0.2) is 0 Å². The maximum Gasteiger partial charge on any atom is 0.673 e. The molecule has 3 nitrogen and oxygen atoms in total. The molecule has 0 bridgehead atoms. The maximum absolute atomic E-state index is 9.75. The molecule has 0 saturated carbocycles. The molecule has 0 atom stereocenters. The minimum Gasteiger partial charge on any atom is -0.508 e. The summed E-state index contributed by atoms with van der Waals surface area (Å²) in [5.74, 6) is 1.02. The summed E-state index contributed by atoms with van der Waals surface area (Å²) in [4.78, 5) is 3.38. The van der Waals surface area contributed by atoms with Gasteiger partial charge in [-0.3, -0.25) is 0 Å². The normalized spacial score (nSPS) is 11.8. The number of aromatic hydroxyl groups is 1. The Balaban J connectivity index is 0.000000431. The number of rotatable bonds is 2. The quantitative estimate of drug-likeness (QED) is 0.386. The predicted octanol–water partition coefficient (Wildman–Crippen LogP) is 4.42. The molecule has 0 aliphatic rings. The summed E-state index contributed by atoms with van der Waals surface area (Å²) in [6, 6.07) is 27.0. The van der Waals surface area contributed by atoms with Crippen LogP contribution >= 0.6 is 0 Å². The first-order valence-corrected chi connectivity index (χ1v) is 8.64. The van der Waals surface area contributed by atoms with Crippen LogP contribution < -0.4 is 10.3 Å². The van der Waals surface area contributed by atoms with Crippen molar-refractivity contribution < 1.29 is 31.8 Å². The molecule has 2 N–H and O–H groups in total. The molecule has 1 aromatic heterocycles. The lowest BCUT2D eigenvalue weighted by Gasteiger charge is -2.02. The minimum absolute atomic E-state index is 0.230. The molecule has 4 aromatic rings. The second-order valence-electron chi connectivity index (χ2n) is 6.06. The van der Waals surface area contributed by atoms with E-state index in [1.165, 1.54) is 0 Å². The van der Waals surface area contributed by atoms with Crippen molar-refractivity contribution in [3.8, 4) is 17.1 Å². The van der Waals surface area contributed by atoms with E-state index in [1.807, 2.05) is 72.8 Å². The van der Waals surface area contributed by atoms with E-state index in [9.17, 15) is 22.4 Å². The Morgan fingerprint density at radius 1 is 0.759 bits per heavy atom.